The lowest BCUT2D eigenvalue weighted by Gasteiger charge is -2.32. The number of anilines is 1. The molecule has 2 aliphatic rings. The van der Waals surface area contributed by atoms with Gasteiger partial charge in [-0.3, -0.25) is 4.90 Å². The highest BCUT2D eigenvalue weighted by Gasteiger charge is 2.29. The lowest BCUT2D eigenvalue weighted by Crippen LogP contribution is -2.44. The summed E-state index contributed by atoms with van der Waals surface area (Å²) in [4.78, 5) is 16.1. The predicted molar refractivity (Wildman–Crippen MR) is 74.3 cm³/mol. The molecule has 1 atom stereocenters. The van der Waals surface area contributed by atoms with E-state index in [0.717, 1.165) is 50.8 Å². The van der Waals surface area contributed by atoms with Gasteiger partial charge in [0, 0.05) is 32.2 Å². The van der Waals surface area contributed by atoms with Gasteiger partial charge >= 0.3 is 5.97 Å². The first-order valence-corrected chi connectivity index (χ1v) is 7.45. The van der Waals surface area contributed by atoms with Gasteiger partial charge in [0.15, 0.2) is 0 Å². The minimum absolute atomic E-state index is 0.421. The van der Waals surface area contributed by atoms with E-state index in [1.807, 2.05) is 6.07 Å². The van der Waals surface area contributed by atoms with Crippen LogP contribution in [0.15, 0.2) is 12.1 Å². The minimum Gasteiger partial charge on any atom is -0.477 e. The number of ether oxygens (including phenoxy) is 1. The quantitative estimate of drug-likeness (QED) is 0.907. The van der Waals surface area contributed by atoms with Crippen LogP contribution in [-0.2, 0) is 4.74 Å². The summed E-state index contributed by atoms with van der Waals surface area (Å²) in [6, 6.07) is 4.21. The molecule has 5 nitrogen and oxygen atoms in total. The fourth-order valence-electron chi connectivity index (χ4n) is 2.80. The third-order valence-electron chi connectivity index (χ3n) is 3.84. The highest BCUT2D eigenvalue weighted by Crippen LogP contribution is 2.30. The summed E-state index contributed by atoms with van der Waals surface area (Å²) in [5.41, 5.74) is 0. The Morgan fingerprint density at radius 2 is 2.11 bits per heavy atom. The molecule has 0 radical (unpaired) electrons. The molecule has 1 N–H and O–H groups in total. The van der Waals surface area contributed by atoms with Crippen molar-refractivity contribution >= 4 is 22.3 Å². The van der Waals surface area contributed by atoms with Crippen molar-refractivity contribution in [3.63, 3.8) is 0 Å². The van der Waals surface area contributed by atoms with Gasteiger partial charge in [-0.15, -0.1) is 11.3 Å². The van der Waals surface area contributed by atoms with Crippen molar-refractivity contribution in [1.82, 2.24) is 4.90 Å². The van der Waals surface area contributed by atoms with Crippen molar-refractivity contribution in [1.29, 1.82) is 0 Å². The third kappa shape index (κ3) is 2.75. The van der Waals surface area contributed by atoms with E-state index in [1.54, 1.807) is 6.07 Å². The molecule has 2 saturated heterocycles. The van der Waals surface area contributed by atoms with Gasteiger partial charge in [0.05, 0.1) is 18.2 Å². The number of rotatable bonds is 3. The predicted octanol–water partition coefficient (Wildman–Crippen LogP) is 1.36. The van der Waals surface area contributed by atoms with Crippen LogP contribution in [-0.4, -0.2) is 61.4 Å². The van der Waals surface area contributed by atoms with Crippen LogP contribution in [0.25, 0.3) is 0 Å². The molecule has 19 heavy (non-hydrogen) atoms. The molecule has 0 aliphatic carbocycles. The van der Waals surface area contributed by atoms with E-state index in [0.29, 0.717) is 10.9 Å². The number of carboxylic acid groups (broad SMARTS) is 1. The SMILES string of the molecule is O=C(O)c1ccc(N2CCC(N3CCOCC3)C2)s1. The average Bonchev–Trinajstić information content (AvgIpc) is 3.09. The topological polar surface area (TPSA) is 53.0 Å². The summed E-state index contributed by atoms with van der Waals surface area (Å²) in [7, 11) is 0. The number of aromatic carboxylic acids is 1. The van der Waals surface area contributed by atoms with Crippen LogP contribution >= 0.6 is 11.3 Å². The maximum Gasteiger partial charge on any atom is 0.345 e. The number of carboxylic acids is 1. The lowest BCUT2D eigenvalue weighted by atomic mass is 10.2. The van der Waals surface area contributed by atoms with Gasteiger partial charge in [0.1, 0.15) is 4.88 Å². The number of thiophene rings is 1. The molecular formula is C13H18N2O3S. The van der Waals surface area contributed by atoms with Gasteiger partial charge in [0.25, 0.3) is 0 Å². The molecule has 1 aromatic heterocycles. The van der Waals surface area contributed by atoms with Crippen molar-refractivity contribution < 1.29 is 14.6 Å². The summed E-state index contributed by atoms with van der Waals surface area (Å²) >= 11 is 1.37. The first-order chi connectivity index (χ1) is 9.24. The zero-order valence-corrected chi connectivity index (χ0v) is 11.6. The molecule has 2 fully saturated rings. The van der Waals surface area contributed by atoms with Crippen LogP contribution in [0.4, 0.5) is 5.00 Å². The van der Waals surface area contributed by atoms with E-state index in [9.17, 15) is 4.79 Å². The molecule has 1 unspecified atom stereocenters. The standard InChI is InChI=1S/C13H18N2O3S/c16-13(17)11-1-2-12(19-11)15-4-3-10(9-15)14-5-7-18-8-6-14/h1-2,10H,3-9H2,(H,16,17). The smallest absolute Gasteiger partial charge is 0.345 e. The van der Waals surface area contributed by atoms with Gasteiger partial charge in [-0.1, -0.05) is 0 Å². The first kappa shape index (κ1) is 12.9. The molecule has 0 bridgehead atoms. The monoisotopic (exact) mass is 282 g/mol. The highest BCUT2D eigenvalue weighted by atomic mass is 32.1. The Morgan fingerprint density at radius 1 is 1.32 bits per heavy atom. The molecule has 1 aromatic rings. The van der Waals surface area contributed by atoms with Gasteiger partial charge < -0.3 is 14.7 Å². The Labute approximate surface area is 116 Å². The Hall–Kier alpha value is -1.11. The van der Waals surface area contributed by atoms with E-state index in [-0.39, 0.29) is 0 Å². The van der Waals surface area contributed by atoms with Crippen molar-refractivity contribution in [2.24, 2.45) is 0 Å². The zero-order chi connectivity index (χ0) is 13.2. The fraction of sp³-hybridized carbons (Fsp3) is 0.615. The summed E-state index contributed by atoms with van der Waals surface area (Å²) < 4.78 is 5.38. The van der Waals surface area contributed by atoms with Crippen LogP contribution in [0.3, 0.4) is 0 Å². The Kier molecular flexibility index (Phi) is 3.72. The van der Waals surface area contributed by atoms with Crippen molar-refractivity contribution in [2.75, 3.05) is 44.3 Å². The van der Waals surface area contributed by atoms with Crippen molar-refractivity contribution in [2.45, 2.75) is 12.5 Å². The van der Waals surface area contributed by atoms with E-state index in [1.165, 1.54) is 11.3 Å². The van der Waals surface area contributed by atoms with Crippen LogP contribution in [0, 0.1) is 0 Å². The van der Waals surface area contributed by atoms with Gasteiger partial charge in [0.2, 0.25) is 0 Å². The van der Waals surface area contributed by atoms with Crippen LogP contribution < -0.4 is 4.90 Å². The second-order valence-electron chi connectivity index (χ2n) is 4.98. The van der Waals surface area contributed by atoms with Crippen LogP contribution in [0.1, 0.15) is 16.1 Å². The third-order valence-corrected chi connectivity index (χ3v) is 4.97. The number of nitrogens with zero attached hydrogens (tertiary/aromatic N) is 2. The Bertz CT molecular complexity index is 456. The summed E-state index contributed by atoms with van der Waals surface area (Å²) in [5, 5.41) is 10.0. The Morgan fingerprint density at radius 3 is 2.79 bits per heavy atom. The van der Waals surface area contributed by atoms with E-state index in [4.69, 9.17) is 9.84 Å². The van der Waals surface area contributed by atoms with Gasteiger partial charge in [-0.05, 0) is 18.6 Å². The fourth-order valence-corrected chi connectivity index (χ4v) is 3.67. The van der Waals surface area contributed by atoms with E-state index in [2.05, 4.69) is 9.80 Å². The number of hydrogen-bond donors (Lipinski definition) is 1. The van der Waals surface area contributed by atoms with Crippen molar-refractivity contribution in [3.8, 4) is 0 Å². The minimum atomic E-state index is -0.833. The molecule has 0 spiro atoms. The maximum absolute atomic E-state index is 10.9. The van der Waals surface area contributed by atoms with Crippen LogP contribution in [0.2, 0.25) is 0 Å². The van der Waals surface area contributed by atoms with Crippen molar-refractivity contribution in [3.05, 3.63) is 17.0 Å². The second kappa shape index (κ2) is 5.48. The first-order valence-electron chi connectivity index (χ1n) is 6.64. The number of carbonyl (C=O) groups is 1. The maximum atomic E-state index is 10.9. The summed E-state index contributed by atoms with van der Waals surface area (Å²) in [5.74, 6) is -0.833. The number of hydrogen-bond acceptors (Lipinski definition) is 5. The van der Waals surface area contributed by atoms with Crippen LogP contribution in [0.5, 0.6) is 0 Å². The molecular weight excluding hydrogens is 264 g/mol. The summed E-state index contributed by atoms with van der Waals surface area (Å²) in [6.07, 6.45) is 1.15. The molecule has 2 aliphatic heterocycles. The zero-order valence-electron chi connectivity index (χ0n) is 10.7. The van der Waals surface area contributed by atoms with Gasteiger partial charge in [-0.2, -0.15) is 0 Å². The lowest BCUT2D eigenvalue weighted by molar-refractivity contribution is 0.0209. The molecule has 3 rings (SSSR count). The molecule has 104 valence electrons. The molecule has 0 amide bonds. The molecule has 6 heteroatoms. The normalized spacial score (nSPS) is 24.8. The van der Waals surface area contributed by atoms with Gasteiger partial charge in [-0.25, -0.2) is 4.79 Å². The molecule has 0 aromatic carbocycles. The largest absolute Gasteiger partial charge is 0.477 e. The summed E-state index contributed by atoms with van der Waals surface area (Å²) in [6.45, 7) is 5.71. The Balaban J connectivity index is 1.62. The van der Waals surface area contributed by atoms with E-state index < -0.39 is 5.97 Å². The molecule has 0 saturated carbocycles. The average molecular weight is 282 g/mol. The number of morpholine rings is 1. The van der Waals surface area contributed by atoms with E-state index >= 15 is 0 Å². The molecule has 3 heterocycles. The highest BCUT2D eigenvalue weighted by molar-refractivity contribution is 7.17. The second-order valence-corrected chi connectivity index (χ2v) is 6.04.